The molecule has 1 amide bonds. The largest absolute Gasteiger partial charge is 0.478 e. The lowest BCUT2D eigenvalue weighted by atomic mass is 10.1. The van der Waals surface area contributed by atoms with Crippen LogP contribution in [0.5, 0.6) is 0 Å². The molecule has 1 N–H and O–H groups in total. The van der Waals surface area contributed by atoms with Gasteiger partial charge in [0.1, 0.15) is 0 Å². The second kappa shape index (κ2) is 4.97. The number of amides is 1. The van der Waals surface area contributed by atoms with Gasteiger partial charge < -0.3 is 10.0 Å². The van der Waals surface area contributed by atoms with Crippen molar-refractivity contribution in [2.45, 2.75) is 6.92 Å². The molecule has 0 aliphatic carbocycles. The van der Waals surface area contributed by atoms with E-state index in [1.54, 1.807) is 25.1 Å². The highest BCUT2D eigenvalue weighted by Crippen LogP contribution is 2.34. The van der Waals surface area contributed by atoms with E-state index in [1.807, 2.05) is 0 Å². The molecule has 1 aliphatic heterocycles. The van der Waals surface area contributed by atoms with Crippen LogP contribution >= 0.6 is 15.9 Å². The molecule has 0 saturated carbocycles. The summed E-state index contributed by atoms with van der Waals surface area (Å²) < 4.78 is 0.561. The zero-order chi connectivity index (χ0) is 14.2. The Morgan fingerprint density at radius 3 is 2.74 bits per heavy atom. The van der Waals surface area contributed by atoms with Crippen molar-refractivity contribution in [2.24, 2.45) is 0 Å². The minimum Gasteiger partial charge on any atom is -0.478 e. The SMILES string of the molecule is C/C(=C\C(=O)O)CN1C(=O)C(=O)c2c(Br)cccc21. The zero-order valence-corrected chi connectivity index (χ0v) is 11.6. The number of carbonyl (C=O) groups is 3. The summed E-state index contributed by atoms with van der Waals surface area (Å²) in [6.07, 6.45) is 1.02. The summed E-state index contributed by atoms with van der Waals surface area (Å²) in [5.41, 5.74) is 1.32. The lowest BCUT2D eigenvalue weighted by Crippen LogP contribution is -2.31. The molecule has 1 heterocycles. The first kappa shape index (κ1) is 13.5. The number of carboxylic acid groups (broad SMARTS) is 1. The number of benzene rings is 1. The number of carbonyl (C=O) groups excluding carboxylic acids is 2. The van der Waals surface area contributed by atoms with Crippen LogP contribution in [0.1, 0.15) is 17.3 Å². The summed E-state index contributed by atoms with van der Waals surface area (Å²) in [4.78, 5) is 35.7. The number of Topliss-reactive ketones (excluding diaryl/α,β-unsaturated/α-hetero) is 1. The normalized spacial score (nSPS) is 14.8. The highest BCUT2D eigenvalue weighted by atomic mass is 79.9. The molecule has 5 nitrogen and oxygen atoms in total. The number of rotatable bonds is 3. The Morgan fingerprint density at radius 1 is 1.42 bits per heavy atom. The average Bonchev–Trinajstić information content (AvgIpc) is 2.55. The second-order valence-electron chi connectivity index (χ2n) is 4.18. The Kier molecular flexibility index (Phi) is 3.53. The quantitative estimate of drug-likeness (QED) is 0.682. The van der Waals surface area contributed by atoms with E-state index in [1.165, 1.54) is 4.90 Å². The maximum Gasteiger partial charge on any atom is 0.328 e. The Hall–Kier alpha value is -1.95. The molecule has 0 atom stereocenters. The number of fused-ring (bicyclic) bond motifs is 1. The lowest BCUT2D eigenvalue weighted by molar-refractivity contribution is -0.131. The van der Waals surface area contributed by atoms with E-state index >= 15 is 0 Å². The molecular formula is C13H10BrNO4. The molecule has 0 spiro atoms. The fourth-order valence-corrected chi connectivity index (χ4v) is 2.50. The summed E-state index contributed by atoms with van der Waals surface area (Å²) in [6.45, 7) is 1.68. The van der Waals surface area contributed by atoms with E-state index in [-0.39, 0.29) is 6.54 Å². The van der Waals surface area contributed by atoms with Gasteiger partial charge in [-0.15, -0.1) is 0 Å². The van der Waals surface area contributed by atoms with Crippen molar-refractivity contribution in [3.63, 3.8) is 0 Å². The van der Waals surface area contributed by atoms with Crippen LogP contribution in [0.4, 0.5) is 5.69 Å². The topological polar surface area (TPSA) is 74.7 Å². The van der Waals surface area contributed by atoms with Gasteiger partial charge in [0.15, 0.2) is 0 Å². The van der Waals surface area contributed by atoms with E-state index in [0.717, 1.165) is 6.08 Å². The fraction of sp³-hybridized carbons (Fsp3) is 0.154. The molecule has 6 heteroatoms. The number of halogens is 1. The highest BCUT2D eigenvalue weighted by Gasteiger charge is 2.37. The van der Waals surface area contributed by atoms with Crippen molar-refractivity contribution in [3.8, 4) is 0 Å². The first-order chi connectivity index (χ1) is 8.91. The lowest BCUT2D eigenvalue weighted by Gasteiger charge is -2.16. The molecular weight excluding hydrogens is 314 g/mol. The molecule has 1 aromatic rings. The molecule has 0 aromatic heterocycles. The van der Waals surface area contributed by atoms with Gasteiger partial charge in [-0.2, -0.15) is 0 Å². The van der Waals surface area contributed by atoms with Crippen LogP contribution in [0.25, 0.3) is 0 Å². The van der Waals surface area contributed by atoms with E-state index in [4.69, 9.17) is 5.11 Å². The summed E-state index contributed by atoms with van der Waals surface area (Å²) in [6, 6.07) is 5.07. The van der Waals surface area contributed by atoms with E-state index in [9.17, 15) is 14.4 Å². The van der Waals surface area contributed by atoms with Crippen molar-refractivity contribution < 1.29 is 19.5 Å². The number of hydrogen-bond donors (Lipinski definition) is 1. The van der Waals surface area contributed by atoms with E-state index in [0.29, 0.717) is 21.3 Å². The Balaban J connectivity index is 2.40. The van der Waals surface area contributed by atoms with Gasteiger partial charge in [0.05, 0.1) is 11.3 Å². The molecule has 0 bridgehead atoms. The zero-order valence-electron chi connectivity index (χ0n) is 10.0. The second-order valence-corrected chi connectivity index (χ2v) is 5.04. The van der Waals surface area contributed by atoms with E-state index < -0.39 is 17.7 Å². The molecule has 19 heavy (non-hydrogen) atoms. The first-order valence-electron chi connectivity index (χ1n) is 5.46. The predicted octanol–water partition coefficient (Wildman–Crippen LogP) is 2.01. The summed E-state index contributed by atoms with van der Waals surface area (Å²) in [7, 11) is 0. The monoisotopic (exact) mass is 323 g/mol. The van der Waals surface area contributed by atoms with Crippen molar-refractivity contribution in [1.82, 2.24) is 0 Å². The molecule has 98 valence electrons. The Morgan fingerprint density at radius 2 is 2.11 bits per heavy atom. The molecule has 0 saturated heterocycles. The predicted molar refractivity (Wildman–Crippen MR) is 72.2 cm³/mol. The number of nitrogens with zero attached hydrogens (tertiary/aromatic N) is 1. The average molecular weight is 324 g/mol. The molecule has 1 aliphatic rings. The van der Waals surface area contributed by atoms with Crippen LogP contribution in [-0.2, 0) is 9.59 Å². The standard InChI is InChI=1S/C13H10BrNO4/c1-7(5-10(16)17)6-15-9-4-2-3-8(14)11(9)12(18)13(15)19/h2-5H,6H2,1H3,(H,16,17)/b7-5+. The maximum atomic E-state index is 11.9. The smallest absolute Gasteiger partial charge is 0.328 e. The molecule has 0 radical (unpaired) electrons. The van der Waals surface area contributed by atoms with Crippen LogP contribution in [0.2, 0.25) is 0 Å². The number of carboxylic acids is 1. The molecule has 0 fully saturated rings. The van der Waals surface area contributed by atoms with Crippen molar-refractivity contribution in [1.29, 1.82) is 0 Å². The Bertz CT molecular complexity index is 621. The molecule has 2 rings (SSSR count). The van der Waals surface area contributed by atoms with Crippen molar-refractivity contribution in [2.75, 3.05) is 11.4 Å². The van der Waals surface area contributed by atoms with Gasteiger partial charge in [0, 0.05) is 17.1 Å². The molecule has 0 unspecified atom stereocenters. The van der Waals surface area contributed by atoms with Crippen molar-refractivity contribution >= 4 is 39.3 Å². The van der Waals surface area contributed by atoms with Gasteiger partial charge >= 0.3 is 5.97 Å². The van der Waals surface area contributed by atoms with Crippen LogP contribution in [0, 0.1) is 0 Å². The van der Waals surface area contributed by atoms with Crippen LogP contribution in [0.15, 0.2) is 34.3 Å². The van der Waals surface area contributed by atoms with E-state index in [2.05, 4.69) is 15.9 Å². The third kappa shape index (κ3) is 2.44. The van der Waals surface area contributed by atoms with Gasteiger partial charge in [0.2, 0.25) is 0 Å². The highest BCUT2D eigenvalue weighted by molar-refractivity contribution is 9.10. The number of aliphatic carboxylic acids is 1. The van der Waals surface area contributed by atoms with Crippen LogP contribution < -0.4 is 4.90 Å². The van der Waals surface area contributed by atoms with Gasteiger partial charge in [-0.1, -0.05) is 6.07 Å². The van der Waals surface area contributed by atoms with Crippen LogP contribution in [-0.4, -0.2) is 29.3 Å². The minimum absolute atomic E-state index is 0.0837. The van der Waals surface area contributed by atoms with Gasteiger partial charge in [-0.05, 0) is 40.6 Å². The van der Waals surface area contributed by atoms with Crippen molar-refractivity contribution in [3.05, 3.63) is 39.9 Å². The fourth-order valence-electron chi connectivity index (χ4n) is 1.96. The maximum absolute atomic E-state index is 11.9. The van der Waals surface area contributed by atoms with Gasteiger partial charge in [0.25, 0.3) is 11.7 Å². The minimum atomic E-state index is -1.08. The Labute approximate surface area is 117 Å². The third-order valence-corrected chi connectivity index (χ3v) is 3.39. The third-order valence-electron chi connectivity index (χ3n) is 2.73. The number of hydrogen-bond acceptors (Lipinski definition) is 3. The first-order valence-corrected chi connectivity index (χ1v) is 6.26. The summed E-state index contributed by atoms with van der Waals surface area (Å²) in [5, 5.41) is 8.66. The summed E-state index contributed by atoms with van der Waals surface area (Å²) in [5.74, 6) is -2.30. The number of ketones is 1. The summed E-state index contributed by atoms with van der Waals surface area (Å²) >= 11 is 3.24. The number of anilines is 1. The van der Waals surface area contributed by atoms with Gasteiger partial charge in [-0.3, -0.25) is 9.59 Å². The van der Waals surface area contributed by atoms with Gasteiger partial charge in [-0.25, -0.2) is 4.79 Å². The van der Waals surface area contributed by atoms with Crippen LogP contribution in [0.3, 0.4) is 0 Å². The molecule has 1 aromatic carbocycles.